The minimum absolute atomic E-state index is 0.217. The number of nitrogens with one attached hydrogen (secondary N) is 2. The molecule has 1 aliphatic heterocycles. The van der Waals surface area contributed by atoms with Crippen molar-refractivity contribution in [1.82, 2.24) is 10.9 Å². The number of methoxy groups -OCH3 is 1. The Kier molecular flexibility index (Phi) is 6.30. The van der Waals surface area contributed by atoms with Crippen molar-refractivity contribution in [1.29, 1.82) is 0 Å². The van der Waals surface area contributed by atoms with Crippen LogP contribution in [-0.2, 0) is 22.4 Å². The van der Waals surface area contributed by atoms with Crippen molar-refractivity contribution in [2.45, 2.75) is 25.7 Å². The maximum Gasteiger partial charge on any atom is 0.257 e. The molecule has 142 valence electrons. The number of hydrogen-bond donors (Lipinski definition) is 2. The Hall–Kier alpha value is -3.02. The summed E-state index contributed by atoms with van der Waals surface area (Å²) in [5, 5.41) is 0. The number of hydrazine groups is 1. The summed E-state index contributed by atoms with van der Waals surface area (Å²) in [4.78, 5) is 26.2. The van der Waals surface area contributed by atoms with Gasteiger partial charge in [0, 0.05) is 18.7 Å². The van der Waals surface area contributed by atoms with Crippen LogP contribution in [0.2, 0.25) is 0 Å². The van der Waals surface area contributed by atoms with Crippen LogP contribution >= 0.6 is 0 Å². The van der Waals surface area contributed by atoms with Gasteiger partial charge in [0.05, 0.1) is 13.7 Å². The predicted molar refractivity (Wildman–Crippen MR) is 105 cm³/mol. The Bertz CT molecular complexity index is 807. The van der Waals surface area contributed by atoms with E-state index in [4.69, 9.17) is 4.74 Å². The molecule has 2 aromatic carbocycles. The zero-order valence-electron chi connectivity index (χ0n) is 15.5. The van der Waals surface area contributed by atoms with Gasteiger partial charge in [-0.05, 0) is 48.6 Å². The molecule has 0 spiro atoms. The molecule has 2 N–H and O–H groups in total. The predicted octanol–water partition coefficient (Wildman–Crippen LogP) is 2.23. The lowest BCUT2D eigenvalue weighted by molar-refractivity contribution is -0.128. The van der Waals surface area contributed by atoms with Crippen LogP contribution in [0.3, 0.4) is 0 Å². The van der Waals surface area contributed by atoms with E-state index in [9.17, 15) is 9.59 Å². The number of amides is 2. The summed E-state index contributed by atoms with van der Waals surface area (Å²) in [7, 11) is 1.61. The number of fused-ring (bicyclic) bond motifs is 1. The SMILES string of the molecule is COc1cccc(CCC(=O)NNC(=O)CN2CCCc3ccccc32)c1. The highest BCUT2D eigenvalue weighted by atomic mass is 16.5. The molecule has 27 heavy (non-hydrogen) atoms. The standard InChI is InChI=1S/C21H25N3O3/c1-27-18-9-4-6-16(14-18)11-12-20(25)22-23-21(26)15-24-13-5-8-17-7-2-3-10-19(17)24/h2-4,6-7,9-10,14H,5,8,11-13,15H2,1H3,(H,22,25)(H,23,26). The van der Waals surface area contributed by atoms with E-state index in [-0.39, 0.29) is 18.4 Å². The highest BCUT2D eigenvalue weighted by Crippen LogP contribution is 2.26. The molecule has 0 atom stereocenters. The van der Waals surface area contributed by atoms with Crippen LogP contribution in [0, 0.1) is 0 Å². The van der Waals surface area contributed by atoms with Gasteiger partial charge in [0.1, 0.15) is 5.75 Å². The third-order valence-corrected chi connectivity index (χ3v) is 4.66. The molecule has 1 aliphatic rings. The molecule has 0 bridgehead atoms. The first kappa shape index (κ1) is 18.8. The highest BCUT2D eigenvalue weighted by Gasteiger charge is 2.18. The number of aryl methyl sites for hydroxylation is 2. The second-order valence-electron chi connectivity index (χ2n) is 6.60. The van der Waals surface area contributed by atoms with Crippen molar-refractivity contribution < 1.29 is 14.3 Å². The average Bonchev–Trinajstić information content (AvgIpc) is 2.71. The molecular formula is C21H25N3O3. The number of hydrogen-bond acceptors (Lipinski definition) is 4. The van der Waals surface area contributed by atoms with E-state index in [1.807, 2.05) is 42.5 Å². The maximum absolute atomic E-state index is 12.2. The molecule has 6 heteroatoms. The first-order chi connectivity index (χ1) is 13.2. The molecule has 2 aromatic rings. The van der Waals surface area contributed by atoms with Gasteiger partial charge in [0.2, 0.25) is 5.91 Å². The fourth-order valence-electron chi connectivity index (χ4n) is 3.28. The van der Waals surface area contributed by atoms with Crippen molar-refractivity contribution in [2.75, 3.05) is 25.1 Å². The number of nitrogens with zero attached hydrogens (tertiary/aromatic N) is 1. The lowest BCUT2D eigenvalue weighted by atomic mass is 10.0. The van der Waals surface area contributed by atoms with Crippen molar-refractivity contribution in [3.8, 4) is 5.75 Å². The quantitative estimate of drug-likeness (QED) is 0.768. The summed E-state index contributed by atoms with van der Waals surface area (Å²) in [6.07, 6.45) is 2.94. The Labute approximate surface area is 159 Å². The molecule has 2 amide bonds. The van der Waals surface area contributed by atoms with E-state index in [2.05, 4.69) is 21.8 Å². The van der Waals surface area contributed by atoms with Gasteiger partial charge in [-0.3, -0.25) is 20.4 Å². The van der Waals surface area contributed by atoms with E-state index < -0.39 is 0 Å². The topological polar surface area (TPSA) is 70.7 Å². The lowest BCUT2D eigenvalue weighted by Crippen LogP contribution is -2.47. The Balaban J connectivity index is 1.43. The molecule has 0 saturated heterocycles. The number of benzene rings is 2. The van der Waals surface area contributed by atoms with Gasteiger partial charge in [0.15, 0.2) is 0 Å². The Morgan fingerprint density at radius 1 is 1.07 bits per heavy atom. The maximum atomic E-state index is 12.2. The molecular weight excluding hydrogens is 342 g/mol. The van der Waals surface area contributed by atoms with E-state index in [1.54, 1.807) is 7.11 Å². The number of ether oxygens (including phenoxy) is 1. The van der Waals surface area contributed by atoms with Gasteiger partial charge in [-0.15, -0.1) is 0 Å². The van der Waals surface area contributed by atoms with Gasteiger partial charge in [-0.25, -0.2) is 0 Å². The van der Waals surface area contributed by atoms with Crippen molar-refractivity contribution >= 4 is 17.5 Å². The highest BCUT2D eigenvalue weighted by molar-refractivity contribution is 5.85. The fourth-order valence-corrected chi connectivity index (χ4v) is 3.28. The summed E-state index contributed by atoms with van der Waals surface area (Å²) in [5.74, 6) is 0.328. The van der Waals surface area contributed by atoms with Crippen LogP contribution in [-0.4, -0.2) is 32.0 Å². The van der Waals surface area contributed by atoms with Crippen LogP contribution in [0.5, 0.6) is 5.75 Å². The molecule has 3 rings (SSSR count). The number of para-hydroxylation sites is 1. The third kappa shape index (κ3) is 5.23. The molecule has 0 fully saturated rings. The number of carbonyl (C=O) groups excluding carboxylic acids is 2. The van der Waals surface area contributed by atoms with E-state index in [0.717, 1.165) is 36.4 Å². The van der Waals surface area contributed by atoms with Crippen LogP contribution in [0.25, 0.3) is 0 Å². The number of rotatable bonds is 6. The lowest BCUT2D eigenvalue weighted by Gasteiger charge is -2.30. The number of carbonyl (C=O) groups is 2. The normalized spacial score (nSPS) is 12.9. The minimum Gasteiger partial charge on any atom is -0.497 e. The van der Waals surface area contributed by atoms with Gasteiger partial charge >= 0.3 is 0 Å². The van der Waals surface area contributed by atoms with Gasteiger partial charge in [-0.2, -0.15) is 0 Å². The molecule has 1 heterocycles. The summed E-state index contributed by atoms with van der Waals surface area (Å²) < 4.78 is 5.18. The van der Waals surface area contributed by atoms with E-state index in [0.29, 0.717) is 12.8 Å². The third-order valence-electron chi connectivity index (χ3n) is 4.66. The summed E-state index contributed by atoms with van der Waals surface area (Å²) in [6, 6.07) is 15.7. The molecule has 0 aliphatic carbocycles. The minimum atomic E-state index is -0.221. The van der Waals surface area contributed by atoms with Crippen molar-refractivity contribution in [3.63, 3.8) is 0 Å². The molecule has 0 saturated carbocycles. The zero-order chi connectivity index (χ0) is 19.1. The molecule has 0 radical (unpaired) electrons. The van der Waals surface area contributed by atoms with Crippen LogP contribution in [0.15, 0.2) is 48.5 Å². The molecule has 0 unspecified atom stereocenters. The smallest absolute Gasteiger partial charge is 0.257 e. The monoisotopic (exact) mass is 367 g/mol. The van der Waals surface area contributed by atoms with Crippen molar-refractivity contribution in [2.24, 2.45) is 0 Å². The average molecular weight is 367 g/mol. The van der Waals surface area contributed by atoms with Crippen LogP contribution in [0.1, 0.15) is 24.0 Å². The largest absolute Gasteiger partial charge is 0.497 e. The van der Waals surface area contributed by atoms with Gasteiger partial charge < -0.3 is 9.64 Å². The Morgan fingerprint density at radius 2 is 1.89 bits per heavy atom. The number of anilines is 1. The fraction of sp³-hybridized carbons (Fsp3) is 0.333. The summed E-state index contributed by atoms with van der Waals surface area (Å²) in [5.41, 5.74) is 8.39. The van der Waals surface area contributed by atoms with Gasteiger partial charge in [-0.1, -0.05) is 30.3 Å². The molecule has 0 aromatic heterocycles. The van der Waals surface area contributed by atoms with Crippen molar-refractivity contribution in [3.05, 3.63) is 59.7 Å². The van der Waals surface area contributed by atoms with E-state index >= 15 is 0 Å². The summed E-state index contributed by atoms with van der Waals surface area (Å²) >= 11 is 0. The first-order valence-electron chi connectivity index (χ1n) is 9.19. The van der Waals surface area contributed by atoms with Gasteiger partial charge in [0.25, 0.3) is 5.91 Å². The van der Waals surface area contributed by atoms with E-state index in [1.165, 1.54) is 5.56 Å². The van der Waals surface area contributed by atoms with Crippen LogP contribution in [0.4, 0.5) is 5.69 Å². The second-order valence-corrected chi connectivity index (χ2v) is 6.60. The van der Waals surface area contributed by atoms with Crippen LogP contribution < -0.4 is 20.5 Å². The molecule has 6 nitrogen and oxygen atoms in total. The summed E-state index contributed by atoms with van der Waals surface area (Å²) in [6.45, 7) is 1.07. The second kappa shape index (κ2) is 9.07. The zero-order valence-corrected chi connectivity index (χ0v) is 15.5. The Morgan fingerprint density at radius 3 is 2.74 bits per heavy atom. The first-order valence-corrected chi connectivity index (χ1v) is 9.19.